The Morgan fingerprint density at radius 3 is 2.50 bits per heavy atom. The summed E-state index contributed by atoms with van der Waals surface area (Å²) in [5, 5.41) is 1.96. The third-order valence-electron chi connectivity index (χ3n) is 6.00. The second-order valence-corrected chi connectivity index (χ2v) is 9.71. The Kier molecular flexibility index (Phi) is 6.89. The van der Waals surface area contributed by atoms with Crippen molar-refractivity contribution in [3.8, 4) is 0 Å². The zero-order chi connectivity index (χ0) is 22.7. The summed E-state index contributed by atoms with van der Waals surface area (Å²) in [6.45, 7) is 11.6. The number of aromatic nitrogens is 2. The molecule has 0 radical (unpaired) electrons. The van der Waals surface area contributed by atoms with E-state index < -0.39 is 0 Å². The Bertz CT molecular complexity index is 1070. The summed E-state index contributed by atoms with van der Waals surface area (Å²) < 4.78 is 0. The number of carbonyl (C=O) groups excluding carboxylic acids is 1. The zero-order valence-corrected chi connectivity index (χ0v) is 20.3. The molecule has 1 aliphatic heterocycles. The van der Waals surface area contributed by atoms with E-state index in [0.717, 1.165) is 48.1 Å². The van der Waals surface area contributed by atoms with Crippen molar-refractivity contribution in [2.75, 3.05) is 31.1 Å². The van der Waals surface area contributed by atoms with Crippen molar-refractivity contribution in [2.45, 2.75) is 46.5 Å². The van der Waals surface area contributed by atoms with Gasteiger partial charge in [-0.25, -0.2) is 9.97 Å². The van der Waals surface area contributed by atoms with Crippen LogP contribution in [0.3, 0.4) is 0 Å². The first-order valence-electron chi connectivity index (χ1n) is 11.5. The maximum Gasteiger partial charge on any atom is 0.264 e. The van der Waals surface area contributed by atoms with Crippen LogP contribution in [0.5, 0.6) is 0 Å². The van der Waals surface area contributed by atoms with E-state index >= 15 is 0 Å². The second kappa shape index (κ2) is 9.82. The Morgan fingerprint density at radius 2 is 1.88 bits per heavy atom. The maximum atomic E-state index is 12.8. The molecule has 0 N–H and O–H groups in total. The van der Waals surface area contributed by atoms with Crippen LogP contribution < -0.4 is 4.90 Å². The molecular weight excluding hydrogens is 416 g/mol. The third kappa shape index (κ3) is 4.85. The number of amides is 1. The number of anilines is 1. The molecule has 5 nitrogen and oxygen atoms in total. The highest BCUT2D eigenvalue weighted by molar-refractivity contribution is 7.12. The van der Waals surface area contributed by atoms with Crippen LogP contribution in [0.15, 0.2) is 41.8 Å². The summed E-state index contributed by atoms with van der Waals surface area (Å²) in [7, 11) is 0. The largest absolute Gasteiger partial charge is 0.353 e. The van der Waals surface area contributed by atoms with Crippen molar-refractivity contribution in [1.29, 1.82) is 0 Å². The van der Waals surface area contributed by atoms with Crippen LogP contribution in [-0.2, 0) is 12.8 Å². The molecular formula is C26H32N4OS. The van der Waals surface area contributed by atoms with Gasteiger partial charge in [0.25, 0.3) is 5.91 Å². The summed E-state index contributed by atoms with van der Waals surface area (Å²) in [5.74, 6) is 2.36. The highest BCUT2D eigenvalue weighted by Crippen LogP contribution is 2.28. The van der Waals surface area contributed by atoms with Crippen LogP contribution in [0.4, 0.5) is 5.82 Å². The molecule has 1 aromatic carbocycles. The van der Waals surface area contributed by atoms with Crippen LogP contribution in [-0.4, -0.2) is 47.0 Å². The highest BCUT2D eigenvalue weighted by atomic mass is 32.1. The van der Waals surface area contributed by atoms with Gasteiger partial charge in [0.2, 0.25) is 0 Å². The molecule has 168 valence electrons. The molecule has 1 aliphatic rings. The van der Waals surface area contributed by atoms with Gasteiger partial charge in [-0.1, -0.05) is 56.7 Å². The smallest absolute Gasteiger partial charge is 0.264 e. The molecule has 4 rings (SSSR count). The minimum atomic E-state index is 0.138. The quantitative estimate of drug-likeness (QED) is 0.527. The highest BCUT2D eigenvalue weighted by Gasteiger charge is 2.26. The fraction of sp³-hybridized carbons (Fsp3) is 0.423. The zero-order valence-electron chi connectivity index (χ0n) is 19.5. The van der Waals surface area contributed by atoms with Gasteiger partial charge in [-0.2, -0.15) is 0 Å². The number of hydrogen-bond donors (Lipinski definition) is 0. The van der Waals surface area contributed by atoms with E-state index in [2.05, 4.69) is 56.9 Å². The lowest BCUT2D eigenvalue weighted by Crippen LogP contribution is -2.49. The molecule has 0 spiro atoms. The number of benzene rings is 1. The summed E-state index contributed by atoms with van der Waals surface area (Å²) in [5.41, 5.74) is 4.91. The van der Waals surface area contributed by atoms with Gasteiger partial charge in [-0.3, -0.25) is 4.79 Å². The number of piperazine rings is 1. The Balaban J connectivity index is 1.63. The molecule has 3 heterocycles. The maximum absolute atomic E-state index is 12.8. The number of carbonyl (C=O) groups is 1. The summed E-state index contributed by atoms with van der Waals surface area (Å²) in [6, 6.07) is 12.5. The molecule has 1 saturated heterocycles. The lowest BCUT2D eigenvalue weighted by molar-refractivity contribution is 0.0751. The van der Waals surface area contributed by atoms with Crippen LogP contribution in [0.25, 0.3) is 0 Å². The SMILES string of the molecule is CCc1nc(C(C)C)nc(N2CCN(C(=O)c3cccs3)CC2)c1Cc1cccc(C)c1. The van der Waals surface area contributed by atoms with E-state index in [0.29, 0.717) is 13.1 Å². The number of nitrogens with zero attached hydrogens (tertiary/aromatic N) is 4. The van der Waals surface area contributed by atoms with Crippen molar-refractivity contribution in [1.82, 2.24) is 14.9 Å². The normalized spacial score (nSPS) is 14.3. The van der Waals surface area contributed by atoms with Crippen molar-refractivity contribution in [2.24, 2.45) is 0 Å². The fourth-order valence-electron chi connectivity index (χ4n) is 4.23. The molecule has 0 aliphatic carbocycles. The van der Waals surface area contributed by atoms with Crippen LogP contribution >= 0.6 is 11.3 Å². The Morgan fingerprint density at radius 1 is 1.09 bits per heavy atom. The standard InChI is InChI=1S/C26H32N4OS/c1-5-22-21(17-20-9-6-8-19(4)16-20)25(28-24(27-22)18(2)3)29-11-13-30(14-12-29)26(31)23-10-7-15-32-23/h6-10,15-16,18H,5,11-14,17H2,1-4H3. The number of aryl methyl sites for hydroxylation is 2. The van der Waals surface area contributed by atoms with E-state index in [1.54, 1.807) is 0 Å². The fourth-order valence-corrected chi connectivity index (χ4v) is 4.92. The van der Waals surface area contributed by atoms with E-state index in [4.69, 9.17) is 9.97 Å². The van der Waals surface area contributed by atoms with Gasteiger partial charge in [0.15, 0.2) is 0 Å². The topological polar surface area (TPSA) is 49.3 Å². The van der Waals surface area contributed by atoms with Gasteiger partial charge in [-0.05, 0) is 30.4 Å². The first-order chi connectivity index (χ1) is 15.5. The van der Waals surface area contributed by atoms with Crippen molar-refractivity contribution < 1.29 is 4.79 Å². The monoisotopic (exact) mass is 448 g/mol. The molecule has 3 aromatic rings. The number of rotatable bonds is 6. The van der Waals surface area contributed by atoms with Crippen molar-refractivity contribution >= 4 is 23.1 Å². The van der Waals surface area contributed by atoms with Gasteiger partial charge in [0, 0.05) is 49.8 Å². The van der Waals surface area contributed by atoms with E-state index in [9.17, 15) is 4.79 Å². The molecule has 1 fully saturated rings. The Hall–Kier alpha value is -2.73. The second-order valence-electron chi connectivity index (χ2n) is 8.76. The summed E-state index contributed by atoms with van der Waals surface area (Å²) in [6.07, 6.45) is 1.71. The molecule has 0 saturated carbocycles. The average molecular weight is 449 g/mol. The summed E-state index contributed by atoms with van der Waals surface area (Å²) in [4.78, 5) is 27.9. The van der Waals surface area contributed by atoms with Gasteiger partial charge >= 0.3 is 0 Å². The molecule has 6 heteroatoms. The lowest BCUT2D eigenvalue weighted by Gasteiger charge is -2.36. The molecule has 32 heavy (non-hydrogen) atoms. The number of thiophene rings is 1. The first kappa shape index (κ1) is 22.5. The van der Waals surface area contributed by atoms with Crippen molar-refractivity contribution in [3.63, 3.8) is 0 Å². The molecule has 2 aromatic heterocycles. The van der Waals surface area contributed by atoms with Crippen molar-refractivity contribution in [3.05, 3.63) is 74.9 Å². The van der Waals surface area contributed by atoms with Gasteiger partial charge in [-0.15, -0.1) is 11.3 Å². The van der Waals surface area contributed by atoms with E-state index in [1.165, 1.54) is 28.0 Å². The molecule has 1 amide bonds. The molecule has 0 unspecified atom stereocenters. The predicted molar refractivity (Wildman–Crippen MR) is 132 cm³/mol. The van der Waals surface area contributed by atoms with Gasteiger partial charge in [0.1, 0.15) is 11.6 Å². The van der Waals surface area contributed by atoms with Crippen LogP contribution in [0.1, 0.15) is 64.6 Å². The molecule has 0 atom stereocenters. The average Bonchev–Trinajstić information content (AvgIpc) is 3.34. The number of hydrogen-bond acceptors (Lipinski definition) is 5. The first-order valence-corrected chi connectivity index (χ1v) is 12.4. The van der Waals surface area contributed by atoms with E-state index in [-0.39, 0.29) is 11.8 Å². The summed E-state index contributed by atoms with van der Waals surface area (Å²) >= 11 is 1.51. The molecule has 0 bridgehead atoms. The lowest BCUT2D eigenvalue weighted by atomic mass is 10.00. The Labute approximate surface area is 195 Å². The van der Waals surface area contributed by atoms with E-state index in [1.807, 2.05) is 22.4 Å². The minimum absolute atomic E-state index is 0.138. The van der Waals surface area contributed by atoms with Gasteiger partial charge in [0.05, 0.1) is 4.88 Å². The third-order valence-corrected chi connectivity index (χ3v) is 6.86. The minimum Gasteiger partial charge on any atom is -0.353 e. The van der Waals surface area contributed by atoms with Gasteiger partial charge < -0.3 is 9.80 Å². The van der Waals surface area contributed by atoms with Crippen LogP contribution in [0, 0.1) is 6.92 Å². The predicted octanol–water partition coefficient (Wildman–Crippen LogP) is 5.09. The van der Waals surface area contributed by atoms with Crippen LogP contribution in [0.2, 0.25) is 0 Å².